The highest BCUT2D eigenvalue weighted by atomic mass is 35.5. The van der Waals surface area contributed by atoms with Crippen LogP contribution in [0.5, 0.6) is 0 Å². The highest BCUT2D eigenvalue weighted by molar-refractivity contribution is 6.32. The van der Waals surface area contributed by atoms with Crippen molar-refractivity contribution in [2.75, 3.05) is 0 Å². The number of fused-ring (bicyclic) bond motifs is 1. The smallest absolute Gasteiger partial charge is 0.392 e. The number of rotatable bonds is 5. The average molecular weight is 479 g/mol. The van der Waals surface area contributed by atoms with Crippen LogP contribution >= 0.6 is 11.6 Å². The summed E-state index contributed by atoms with van der Waals surface area (Å²) < 4.78 is 81.4. The fraction of sp³-hybridized carbons (Fsp3) is 0.286. The van der Waals surface area contributed by atoms with E-state index >= 15 is 0 Å². The maximum Gasteiger partial charge on any atom is 0.416 e. The number of benzene rings is 2. The molecular formula is C21H17ClF6N2O2. The fourth-order valence-corrected chi connectivity index (χ4v) is 3.65. The van der Waals surface area contributed by atoms with Gasteiger partial charge in [0.05, 0.1) is 17.7 Å². The first-order valence-corrected chi connectivity index (χ1v) is 9.71. The lowest BCUT2D eigenvalue weighted by molar-refractivity contribution is -0.156. The third-order valence-electron chi connectivity index (χ3n) is 4.94. The van der Waals surface area contributed by atoms with Gasteiger partial charge in [0.2, 0.25) is 0 Å². The number of hydrogen-bond acceptors (Lipinski definition) is 2. The molecule has 11 heteroatoms. The molecule has 0 fully saturated rings. The molecule has 0 aliphatic heterocycles. The van der Waals surface area contributed by atoms with Crippen molar-refractivity contribution in [2.45, 2.75) is 38.5 Å². The number of nitrogens with one attached hydrogen (secondary N) is 1. The van der Waals surface area contributed by atoms with Crippen LogP contribution in [0.1, 0.15) is 40.1 Å². The summed E-state index contributed by atoms with van der Waals surface area (Å²) in [5.74, 6) is -1.12. The highest BCUT2D eigenvalue weighted by Crippen LogP contribution is 2.37. The third-order valence-corrected chi connectivity index (χ3v) is 5.29. The molecule has 0 saturated carbocycles. The standard InChI is InChI=1S/C21H17ClF6N2O2/c1-2-30-16-9-15(22)13(10-31)6-12(16)8-17(30)19(32)29-18(21(26,27)28)11-4-3-5-14(7-11)20(23,24)25/h3-9,18,31H,2,10H2,1H3,(H,29,32). The van der Waals surface area contributed by atoms with Crippen LogP contribution in [0.2, 0.25) is 5.02 Å². The van der Waals surface area contributed by atoms with E-state index in [0.29, 0.717) is 28.6 Å². The number of carbonyl (C=O) groups excluding carboxylic acids is 1. The van der Waals surface area contributed by atoms with Crippen molar-refractivity contribution in [1.82, 2.24) is 9.88 Å². The van der Waals surface area contributed by atoms with Crippen LogP contribution in [0.3, 0.4) is 0 Å². The summed E-state index contributed by atoms with van der Waals surface area (Å²) >= 11 is 6.08. The summed E-state index contributed by atoms with van der Waals surface area (Å²) in [5, 5.41) is 11.9. The van der Waals surface area contributed by atoms with Crippen molar-refractivity contribution in [2.24, 2.45) is 0 Å². The number of aliphatic hydroxyl groups is 1. The van der Waals surface area contributed by atoms with E-state index in [9.17, 15) is 36.2 Å². The predicted octanol–water partition coefficient (Wildman–Crippen LogP) is 5.86. The zero-order chi connectivity index (χ0) is 23.8. The monoisotopic (exact) mass is 478 g/mol. The van der Waals surface area contributed by atoms with Crippen molar-refractivity contribution < 1.29 is 36.2 Å². The van der Waals surface area contributed by atoms with Gasteiger partial charge in [0.25, 0.3) is 5.91 Å². The molecule has 0 aliphatic carbocycles. The van der Waals surface area contributed by atoms with Crippen LogP contribution in [-0.4, -0.2) is 21.8 Å². The molecule has 1 heterocycles. The number of aliphatic hydroxyl groups excluding tert-OH is 1. The lowest BCUT2D eigenvalue weighted by Gasteiger charge is -2.23. The number of alkyl halides is 6. The zero-order valence-corrected chi connectivity index (χ0v) is 17.2. The Labute approximate surface area is 183 Å². The maximum atomic E-state index is 13.7. The second-order valence-electron chi connectivity index (χ2n) is 7.01. The third kappa shape index (κ3) is 4.71. The Morgan fingerprint density at radius 2 is 1.81 bits per heavy atom. The Hall–Kier alpha value is -2.72. The Balaban J connectivity index is 2.04. The van der Waals surface area contributed by atoms with Gasteiger partial charge in [0.15, 0.2) is 6.04 Å². The molecule has 3 aromatic rings. The van der Waals surface area contributed by atoms with Crippen LogP contribution < -0.4 is 5.32 Å². The van der Waals surface area contributed by atoms with E-state index in [2.05, 4.69) is 0 Å². The van der Waals surface area contributed by atoms with E-state index in [1.54, 1.807) is 6.92 Å². The highest BCUT2D eigenvalue weighted by Gasteiger charge is 2.43. The summed E-state index contributed by atoms with van der Waals surface area (Å²) in [6, 6.07) is 4.41. The minimum Gasteiger partial charge on any atom is -0.392 e. The topological polar surface area (TPSA) is 54.3 Å². The Morgan fingerprint density at radius 1 is 1.12 bits per heavy atom. The molecule has 0 spiro atoms. The zero-order valence-electron chi connectivity index (χ0n) is 16.5. The van der Waals surface area contributed by atoms with E-state index < -0.39 is 35.4 Å². The van der Waals surface area contributed by atoms with Crippen LogP contribution in [0.15, 0.2) is 42.5 Å². The predicted molar refractivity (Wildman–Crippen MR) is 106 cm³/mol. The SMILES string of the molecule is CCn1c(C(=O)NC(c2cccc(C(F)(F)F)c2)C(F)(F)F)cc2cc(CO)c(Cl)cc21. The van der Waals surface area contributed by atoms with Gasteiger partial charge in [-0.2, -0.15) is 26.3 Å². The van der Waals surface area contributed by atoms with Crippen molar-refractivity contribution in [3.63, 3.8) is 0 Å². The first-order valence-electron chi connectivity index (χ1n) is 9.34. The molecular weight excluding hydrogens is 462 g/mol. The lowest BCUT2D eigenvalue weighted by Crippen LogP contribution is -2.39. The van der Waals surface area contributed by atoms with Crippen LogP contribution in [0.4, 0.5) is 26.3 Å². The van der Waals surface area contributed by atoms with Crippen molar-refractivity contribution in [3.8, 4) is 0 Å². The minimum atomic E-state index is -5.05. The normalized spacial score (nSPS) is 13.4. The van der Waals surface area contributed by atoms with Gasteiger partial charge in [-0.15, -0.1) is 0 Å². The molecule has 4 nitrogen and oxygen atoms in total. The second kappa shape index (κ2) is 8.67. The lowest BCUT2D eigenvalue weighted by atomic mass is 10.0. The molecule has 1 unspecified atom stereocenters. The molecule has 2 N–H and O–H groups in total. The van der Waals surface area contributed by atoms with E-state index in [-0.39, 0.29) is 23.9 Å². The van der Waals surface area contributed by atoms with Gasteiger partial charge in [-0.25, -0.2) is 0 Å². The van der Waals surface area contributed by atoms with Crippen molar-refractivity contribution in [3.05, 3.63) is 69.9 Å². The number of nitrogens with zero attached hydrogens (tertiary/aromatic N) is 1. The molecule has 172 valence electrons. The van der Waals surface area contributed by atoms with Gasteiger partial charge >= 0.3 is 12.4 Å². The van der Waals surface area contributed by atoms with Gasteiger partial charge in [-0.3, -0.25) is 4.79 Å². The summed E-state index contributed by atoms with van der Waals surface area (Å²) in [7, 11) is 0. The van der Waals surface area contributed by atoms with Gasteiger partial charge in [0.1, 0.15) is 5.69 Å². The van der Waals surface area contributed by atoms with Crippen molar-refractivity contribution in [1.29, 1.82) is 0 Å². The molecule has 0 saturated heterocycles. The van der Waals surface area contributed by atoms with Gasteiger partial charge in [0, 0.05) is 17.0 Å². The summed E-state index contributed by atoms with van der Waals surface area (Å²) in [6.07, 6.45) is -9.88. The van der Waals surface area contributed by atoms with Gasteiger partial charge < -0.3 is 15.0 Å². The number of aryl methyl sites for hydroxylation is 1. The molecule has 1 amide bonds. The largest absolute Gasteiger partial charge is 0.416 e. The molecule has 0 bridgehead atoms. The van der Waals surface area contributed by atoms with Crippen molar-refractivity contribution >= 4 is 28.4 Å². The molecule has 3 rings (SSSR count). The van der Waals surface area contributed by atoms with E-state index in [4.69, 9.17) is 11.6 Å². The number of hydrogen-bond donors (Lipinski definition) is 2. The first kappa shape index (κ1) is 23.9. The fourth-order valence-electron chi connectivity index (χ4n) is 3.43. The second-order valence-corrected chi connectivity index (χ2v) is 7.41. The molecule has 1 atom stereocenters. The molecule has 2 aromatic carbocycles. The average Bonchev–Trinajstić information content (AvgIpc) is 3.07. The number of amides is 1. The Bertz CT molecular complexity index is 1150. The van der Waals surface area contributed by atoms with Crippen LogP contribution in [-0.2, 0) is 19.3 Å². The Morgan fingerprint density at radius 3 is 2.38 bits per heavy atom. The minimum absolute atomic E-state index is 0.130. The Kier molecular flexibility index (Phi) is 6.48. The maximum absolute atomic E-state index is 13.7. The molecule has 32 heavy (non-hydrogen) atoms. The summed E-state index contributed by atoms with van der Waals surface area (Å²) in [5.41, 5.74) is -1.30. The van der Waals surface area contributed by atoms with Gasteiger partial charge in [-0.1, -0.05) is 23.7 Å². The molecule has 0 aliphatic rings. The first-order chi connectivity index (χ1) is 14.9. The number of halogens is 7. The summed E-state index contributed by atoms with van der Waals surface area (Å²) in [6.45, 7) is 1.50. The number of carbonyl (C=O) groups is 1. The van der Waals surface area contributed by atoms with E-state index in [1.165, 1.54) is 22.8 Å². The quantitative estimate of drug-likeness (QED) is 0.451. The van der Waals surface area contributed by atoms with Crippen LogP contribution in [0, 0.1) is 0 Å². The van der Waals surface area contributed by atoms with E-state index in [0.717, 1.165) is 12.1 Å². The summed E-state index contributed by atoms with van der Waals surface area (Å²) in [4.78, 5) is 12.8. The van der Waals surface area contributed by atoms with Crippen LogP contribution in [0.25, 0.3) is 10.9 Å². The molecule has 1 aromatic heterocycles. The molecule has 0 radical (unpaired) electrons. The van der Waals surface area contributed by atoms with Gasteiger partial charge in [-0.05, 0) is 48.4 Å². The van der Waals surface area contributed by atoms with E-state index in [1.807, 2.05) is 5.32 Å². The number of aromatic nitrogens is 1.